The molecule has 0 saturated carbocycles. The molecule has 0 spiro atoms. The van der Waals surface area contributed by atoms with E-state index in [9.17, 15) is 0 Å². The lowest BCUT2D eigenvalue weighted by Gasteiger charge is -1.99. The van der Waals surface area contributed by atoms with Gasteiger partial charge in [-0.3, -0.25) is 0 Å². The van der Waals surface area contributed by atoms with E-state index in [1.165, 1.54) is 0 Å². The van der Waals surface area contributed by atoms with Crippen molar-refractivity contribution in [3.05, 3.63) is 35.4 Å². The topological polar surface area (TPSA) is 46.2 Å². The average molecular weight is 163 g/mol. The number of hydrogen-bond acceptors (Lipinski definition) is 2. The molecule has 12 heavy (non-hydrogen) atoms. The second-order valence-electron chi connectivity index (χ2n) is 2.68. The molecule has 2 heteroatoms. The maximum absolute atomic E-state index is 9.11. The van der Waals surface area contributed by atoms with Crippen molar-refractivity contribution in [1.29, 1.82) is 0 Å². The van der Waals surface area contributed by atoms with Crippen molar-refractivity contribution < 1.29 is 5.11 Å². The molecule has 0 aliphatic rings. The first-order chi connectivity index (χ1) is 5.74. The van der Waals surface area contributed by atoms with Gasteiger partial charge in [-0.2, -0.15) is 0 Å². The Hall–Kier alpha value is -1.28. The van der Waals surface area contributed by atoms with Crippen molar-refractivity contribution in [1.82, 2.24) is 0 Å². The number of phenolic OH excluding ortho intramolecular Hbond substituents is 1. The summed E-state index contributed by atoms with van der Waals surface area (Å²) in [5.41, 5.74) is 7.47. The van der Waals surface area contributed by atoms with E-state index in [4.69, 9.17) is 10.8 Å². The standard InChI is InChI=1S/C10H13NO/c1-8-7-10(12)5-4-9(8)3-2-6-11/h2-5,7,12H,6,11H2,1H3. The molecule has 0 atom stereocenters. The third-order valence-corrected chi connectivity index (χ3v) is 1.69. The summed E-state index contributed by atoms with van der Waals surface area (Å²) in [4.78, 5) is 0. The van der Waals surface area contributed by atoms with Gasteiger partial charge in [0.05, 0.1) is 0 Å². The summed E-state index contributed by atoms with van der Waals surface area (Å²) < 4.78 is 0. The fourth-order valence-electron chi connectivity index (χ4n) is 1.04. The third kappa shape index (κ3) is 2.10. The molecule has 0 amide bonds. The molecule has 1 aromatic rings. The van der Waals surface area contributed by atoms with Crippen LogP contribution in [0.1, 0.15) is 11.1 Å². The van der Waals surface area contributed by atoms with Crippen LogP contribution in [-0.2, 0) is 0 Å². The second-order valence-corrected chi connectivity index (χ2v) is 2.68. The lowest BCUT2D eigenvalue weighted by Crippen LogP contribution is -1.92. The van der Waals surface area contributed by atoms with Gasteiger partial charge in [-0.15, -0.1) is 0 Å². The van der Waals surface area contributed by atoms with Crippen LogP contribution in [0.2, 0.25) is 0 Å². The maximum Gasteiger partial charge on any atom is 0.115 e. The van der Waals surface area contributed by atoms with E-state index < -0.39 is 0 Å². The van der Waals surface area contributed by atoms with Crippen molar-refractivity contribution in [3.63, 3.8) is 0 Å². The minimum Gasteiger partial charge on any atom is -0.508 e. The highest BCUT2D eigenvalue weighted by molar-refractivity contribution is 5.55. The molecule has 0 unspecified atom stereocenters. The average Bonchev–Trinajstić information content (AvgIpc) is 2.03. The molecular weight excluding hydrogens is 150 g/mol. The van der Waals surface area contributed by atoms with E-state index in [1.807, 2.05) is 25.1 Å². The summed E-state index contributed by atoms with van der Waals surface area (Å²) in [6.45, 7) is 2.50. The monoisotopic (exact) mass is 163 g/mol. The molecule has 1 aromatic carbocycles. The smallest absolute Gasteiger partial charge is 0.115 e. The molecule has 3 N–H and O–H groups in total. The van der Waals surface area contributed by atoms with Crippen molar-refractivity contribution in [2.24, 2.45) is 5.73 Å². The molecule has 0 bridgehead atoms. The molecule has 0 aromatic heterocycles. The van der Waals surface area contributed by atoms with Gasteiger partial charge in [-0.25, -0.2) is 0 Å². The minimum atomic E-state index is 0.303. The van der Waals surface area contributed by atoms with E-state index in [1.54, 1.807) is 12.1 Å². The van der Waals surface area contributed by atoms with E-state index in [2.05, 4.69) is 0 Å². The fourth-order valence-corrected chi connectivity index (χ4v) is 1.04. The Kier molecular flexibility index (Phi) is 2.88. The summed E-state index contributed by atoms with van der Waals surface area (Å²) in [5, 5.41) is 9.11. The van der Waals surface area contributed by atoms with E-state index in [0.29, 0.717) is 12.3 Å². The molecule has 0 heterocycles. The zero-order valence-electron chi connectivity index (χ0n) is 7.12. The van der Waals surface area contributed by atoms with Crippen LogP contribution in [0.5, 0.6) is 5.75 Å². The van der Waals surface area contributed by atoms with Gasteiger partial charge in [0.25, 0.3) is 0 Å². The first kappa shape index (κ1) is 8.81. The van der Waals surface area contributed by atoms with Crippen LogP contribution in [0.25, 0.3) is 6.08 Å². The summed E-state index contributed by atoms with van der Waals surface area (Å²) in [5.74, 6) is 0.303. The van der Waals surface area contributed by atoms with Gasteiger partial charge in [-0.1, -0.05) is 18.2 Å². The molecule has 1 rings (SSSR count). The summed E-state index contributed by atoms with van der Waals surface area (Å²) in [6, 6.07) is 5.27. The van der Waals surface area contributed by atoms with Gasteiger partial charge in [0.15, 0.2) is 0 Å². The van der Waals surface area contributed by atoms with Crippen molar-refractivity contribution >= 4 is 6.08 Å². The first-order valence-electron chi connectivity index (χ1n) is 3.90. The number of benzene rings is 1. The number of aryl methyl sites for hydroxylation is 1. The Bertz CT molecular complexity index is 292. The molecule has 0 saturated heterocycles. The molecule has 64 valence electrons. The van der Waals surface area contributed by atoms with E-state index >= 15 is 0 Å². The van der Waals surface area contributed by atoms with Gasteiger partial charge in [0.1, 0.15) is 5.75 Å². The second kappa shape index (κ2) is 3.93. The van der Waals surface area contributed by atoms with Crippen molar-refractivity contribution in [2.45, 2.75) is 6.92 Å². The molecule has 0 aliphatic heterocycles. The number of rotatable bonds is 2. The molecular formula is C10H13NO. The first-order valence-corrected chi connectivity index (χ1v) is 3.90. The largest absolute Gasteiger partial charge is 0.508 e. The van der Waals surface area contributed by atoms with Crippen LogP contribution in [0, 0.1) is 6.92 Å². The maximum atomic E-state index is 9.11. The number of phenols is 1. The van der Waals surface area contributed by atoms with Gasteiger partial charge in [-0.05, 0) is 30.2 Å². The SMILES string of the molecule is Cc1cc(O)ccc1C=CCN. The normalized spacial score (nSPS) is 10.8. The van der Waals surface area contributed by atoms with Gasteiger partial charge >= 0.3 is 0 Å². The molecule has 0 radical (unpaired) electrons. The van der Waals surface area contributed by atoms with Crippen LogP contribution < -0.4 is 5.73 Å². The van der Waals surface area contributed by atoms with Crippen LogP contribution >= 0.6 is 0 Å². The Morgan fingerprint density at radius 3 is 2.83 bits per heavy atom. The van der Waals surface area contributed by atoms with Gasteiger partial charge in [0, 0.05) is 6.54 Å². The van der Waals surface area contributed by atoms with Crippen molar-refractivity contribution in [3.8, 4) is 5.75 Å². The van der Waals surface area contributed by atoms with Crippen LogP contribution in [0.15, 0.2) is 24.3 Å². The number of nitrogens with two attached hydrogens (primary N) is 1. The van der Waals surface area contributed by atoms with Gasteiger partial charge < -0.3 is 10.8 Å². The van der Waals surface area contributed by atoms with Gasteiger partial charge in [0.2, 0.25) is 0 Å². The molecule has 0 aliphatic carbocycles. The van der Waals surface area contributed by atoms with E-state index in [-0.39, 0.29) is 0 Å². The summed E-state index contributed by atoms with van der Waals surface area (Å²) in [6.07, 6.45) is 3.84. The lowest BCUT2D eigenvalue weighted by molar-refractivity contribution is 0.475. The minimum absolute atomic E-state index is 0.303. The number of aromatic hydroxyl groups is 1. The zero-order chi connectivity index (χ0) is 8.97. The zero-order valence-corrected chi connectivity index (χ0v) is 7.12. The summed E-state index contributed by atoms with van der Waals surface area (Å²) >= 11 is 0. The Balaban J connectivity index is 2.94. The highest BCUT2D eigenvalue weighted by Gasteiger charge is 1.94. The number of hydrogen-bond donors (Lipinski definition) is 2. The third-order valence-electron chi connectivity index (χ3n) is 1.69. The molecule has 0 fully saturated rings. The predicted octanol–water partition coefficient (Wildman–Crippen LogP) is 1.67. The van der Waals surface area contributed by atoms with Crippen LogP contribution in [0.3, 0.4) is 0 Å². The molecule has 2 nitrogen and oxygen atoms in total. The summed E-state index contributed by atoms with van der Waals surface area (Å²) in [7, 11) is 0. The quantitative estimate of drug-likeness (QED) is 0.696. The highest BCUT2D eigenvalue weighted by atomic mass is 16.3. The Morgan fingerprint density at radius 1 is 1.50 bits per heavy atom. The van der Waals surface area contributed by atoms with E-state index in [0.717, 1.165) is 11.1 Å². The lowest BCUT2D eigenvalue weighted by atomic mass is 10.1. The predicted molar refractivity (Wildman–Crippen MR) is 50.9 cm³/mol. The van der Waals surface area contributed by atoms with Crippen LogP contribution in [0.4, 0.5) is 0 Å². The Labute approximate surface area is 72.3 Å². The van der Waals surface area contributed by atoms with Crippen molar-refractivity contribution in [2.75, 3.05) is 6.54 Å². The van der Waals surface area contributed by atoms with Crippen LogP contribution in [-0.4, -0.2) is 11.7 Å². The highest BCUT2D eigenvalue weighted by Crippen LogP contribution is 2.16. The Morgan fingerprint density at radius 2 is 2.25 bits per heavy atom. The fraction of sp³-hybridized carbons (Fsp3) is 0.200.